The fraction of sp³-hybridized carbons (Fsp3) is 0.500. The second-order valence-electron chi connectivity index (χ2n) is 3.36. The summed E-state index contributed by atoms with van der Waals surface area (Å²) in [6, 6.07) is 0. The topological polar surface area (TPSA) is 23.9 Å². The van der Waals surface area contributed by atoms with Gasteiger partial charge in [-0.2, -0.15) is 0 Å². The molecule has 1 rings (SSSR count). The fourth-order valence-corrected chi connectivity index (χ4v) is 1.28. The van der Waals surface area contributed by atoms with Crippen molar-refractivity contribution in [2.75, 3.05) is 0 Å². The normalized spacial score (nSPS) is 24.2. The van der Waals surface area contributed by atoms with Crippen LogP contribution in [0.15, 0.2) is 23.8 Å². The molecule has 0 aromatic carbocycles. The van der Waals surface area contributed by atoms with Gasteiger partial charge in [-0.15, -0.1) is 0 Å². The minimum absolute atomic E-state index is 0.303. The molecule has 0 radical (unpaired) electrons. The molecule has 1 N–H and O–H groups in total. The lowest BCUT2D eigenvalue weighted by Crippen LogP contribution is -2.16. The average molecular weight is 149 g/mol. The zero-order valence-electron chi connectivity index (χ0n) is 7.39. The van der Waals surface area contributed by atoms with Crippen LogP contribution in [-0.4, -0.2) is 5.71 Å². The summed E-state index contributed by atoms with van der Waals surface area (Å²) in [7, 11) is 0. The van der Waals surface area contributed by atoms with E-state index in [9.17, 15) is 0 Å². The summed E-state index contributed by atoms with van der Waals surface area (Å²) < 4.78 is 0. The number of hydrogen-bond donors (Lipinski definition) is 1. The quantitative estimate of drug-likeness (QED) is 0.592. The van der Waals surface area contributed by atoms with Gasteiger partial charge in [-0.25, -0.2) is 0 Å². The van der Waals surface area contributed by atoms with Gasteiger partial charge >= 0.3 is 0 Å². The van der Waals surface area contributed by atoms with Crippen LogP contribution >= 0.6 is 0 Å². The molecule has 0 aromatic rings. The highest BCUT2D eigenvalue weighted by Gasteiger charge is 2.15. The minimum atomic E-state index is 0.303. The van der Waals surface area contributed by atoms with Crippen molar-refractivity contribution in [2.24, 2.45) is 11.8 Å². The van der Waals surface area contributed by atoms with Gasteiger partial charge in [0.25, 0.3) is 0 Å². The third-order valence-corrected chi connectivity index (χ3v) is 2.06. The molecule has 1 aliphatic carbocycles. The van der Waals surface area contributed by atoms with Crippen LogP contribution in [0, 0.1) is 17.2 Å². The van der Waals surface area contributed by atoms with Crippen molar-refractivity contribution >= 4 is 5.71 Å². The molecule has 0 aromatic heterocycles. The van der Waals surface area contributed by atoms with Crippen molar-refractivity contribution < 1.29 is 0 Å². The van der Waals surface area contributed by atoms with E-state index < -0.39 is 0 Å². The minimum Gasteiger partial charge on any atom is -0.304 e. The van der Waals surface area contributed by atoms with Gasteiger partial charge in [-0.1, -0.05) is 39.0 Å². The van der Waals surface area contributed by atoms with E-state index >= 15 is 0 Å². The summed E-state index contributed by atoms with van der Waals surface area (Å²) in [5, 5.41) is 7.76. The first-order valence-corrected chi connectivity index (χ1v) is 4.10. The molecule has 0 fully saturated rings. The lowest BCUT2D eigenvalue weighted by atomic mass is 9.87. The Morgan fingerprint density at radius 2 is 2.09 bits per heavy atom. The van der Waals surface area contributed by atoms with Crippen LogP contribution in [0.3, 0.4) is 0 Å². The first-order chi connectivity index (χ1) is 5.13. The number of rotatable bonds is 1. The van der Waals surface area contributed by atoms with Crippen LogP contribution in [-0.2, 0) is 0 Å². The molecule has 0 spiro atoms. The summed E-state index contributed by atoms with van der Waals surface area (Å²) >= 11 is 0. The predicted octanol–water partition coefficient (Wildman–Crippen LogP) is 2.79. The highest BCUT2D eigenvalue weighted by Crippen LogP contribution is 2.20. The Balaban J connectivity index is 2.87. The van der Waals surface area contributed by atoms with E-state index in [0.717, 1.165) is 5.71 Å². The molecule has 0 bridgehead atoms. The zero-order chi connectivity index (χ0) is 8.43. The van der Waals surface area contributed by atoms with Gasteiger partial charge in [-0.3, -0.25) is 0 Å². The predicted molar refractivity (Wildman–Crippen MR) is 49.0 cm³/mol. The second-order valence-corrected chi connectivity index (χ2v) is 3.36. The summed E-state index contributed by atoms with van der Waals surface area (Å²) in [6.45, 7) is 6.33. The summed E-state index contributed by atoms with van der Waals surface area (Å²) in [5.74, 6) is 0.785. The zero-order valence-corrected chi connectivity index (χ0v) is 7.39. The molecule has 0 saturated heterocycles. The van der Waals surface area contributed by atoms with E-state index in [-0.39, 0.29) is 0 Å². The van der Waals surface area contributed by atoms with Crippen molar-refractivity contribution in [3.8, 4) is 0 Å². The summed E-state index contributed by atoms with van der Waals surface area (Å²) in [4.78, 5) is 0. The third-order valence-electron chi connectivity index (χ3n) is 2.06. The van der Waals surface area contributed by atoms with Crippen molar-refractivity contribution in [1.82, 2.24) is 0 Å². The molecular weight excluding hydrogens is 134 g/mol. The van der Waals surface area contributed by atoms with E-state index in [2.05, 4.69) is 32.9 Å². The van der Waals surface area contributed by atoms with E-state index in [1.165, 1.54) is 5.57 Å². The van der Waals surface area contributed by atoms with Crippen molar-refractivity contribution in [3.63, 3.8) is 0 Å². The Kier molecular flexibility index (Phi) is 2.28. The Morgan fingerprint density at radius 3 is 2.55 bits per heavy atom. The highest BCUT2D eigenvalue weighted by atomic mass is 14.5. The maximum absolute atomic E-state index is 7.76. The smallest absolute Gasteiger partial charge is 0.0414 e. The first kappa shape index (κ1) is 8.25. The third kappa shape index (κ3) is 1.59. The van der Waals surface area contributed by atoms with Crippen LogP contribution in [0.2, 0.25) is 0 Å². The molecule has 1 unspecified atom stereocenters. The number of hydrogen-bond acceptors (Lipinski definition) is 1. The Morgan fingerprint density at radius 1 is 1.45 bits per heavy atom. The first-order valence-electron chi connectivity index (χ1n) is 4.10. The van der Waals surface area contributed by atoms with Crippen LogP contribution in [0.4, 0.5) is 0 Å². The molecule has 0 saturated carbocycles. The molecule has 11 heavy (non-hydrogen) atoms. The van der Waals surface area contributed by atoms with E-state index in [0.29, 0.717) is 11.8 Å². The standard InChI is InChI=1S/C10H15N/c1-7(2)9-6-4-5-8(3)10(9)11/h4-8,11H,1-3H3. The molecule has 1 atom stereocenters. The van der Waals surface area contributed by atoms with Crippen LogP contribution < -0.4 is 0 Å². The van der Waals surface area contributed by atoms with Crippen LogP contribution in [0.25, 0.3) is 0 Å². The molecule has 0 amide bonds. The van der Waals surface area contributed by atoms with Crippen molar-refractivity contribution in [1.29, 1.82) is 5.41 Å². The maximum Gasteiger partial charge on any atom is 0.0414 e. The number of nitrogens with one attached hydrogen (secondary N) is 1. The molecule has 1 heteroatoms. The van der Waals surface area contributed by atoms with Crippen molar-refractivity contribution in [3.05, 3.63) is 23.8 Å². The van der Waals surface area contributed by atoms with Gasteiger partial charge in [0.05, 0.1) is 0 Å². The largest absolute Gasteiger partial charge is 0.304 e. The summed E-state index contributed by atoms with van der Waals surface area (Å²) in [5.41, 5.74) is 1.96. The van der Waals surface area contributed by atoms with Gasteiger partial charge in [0.2, 0.25) is 0 Å². The van der Waals surface area contributed by atoms with Crippen LogP contribution in [0.1, 0.15) is 20.8 Å². The van der Waals surface area contributed by atoms with E-state index in [1.807, 2.05) is 6.08 Å². The molecule has 60 valence electrons. The van der Waals surface area contributed by atoms with E-state index in [1.54, 1.807) is 0 Å². The molecule has 1 nitrogen and oxygen atoms in total. The number of allylic oxidation sites excluding steroid dienone is 4. The SMILES string of the molecule is CC(C)C1=CC=CC(C)C1=N. The van der Waals surface area contributed by atoms with Gasteiger partial charge in [0.15, 0.2) is 0 Å². The fourth-order valence-electron chi connectivity index (χ4n) is 1.28. The van der Waals surface area contributed by atoms with E-state index in [4.69, 9.17) is 5.41 Å². The molecular formula is C10H15N. The van der Waals surface area contributed by atoms with Gasteiger partial charge < -0.3 is 5.41 Å². The van der Waals surface area contributed by atoms with Gasteiger partial charge in [0.1, 0.15) is 0 Å². The molecule has 0 aliphatic heterocycles. The average Bonchev–Trinajstić information content (AvgIpc) is 1.94. The monoisotopic (exact) mass is 149 g/mol. The lowest BCUT2D eigenvalue weighted by Gasteiger charge is -2.18. The Bertz CT molecular complexity index is 221. The highest BCUT2D eigenvalue weighted by molar-refractivity contribution is 6.01. The van der Waals surface area contributed by atoms with Gasteiger partial charge in [-0.05, 0) is 11.5 Å². The Hall–Kier alpha value is -0.850. The van der Waals surface area contributed by atoms with Gasteiger partial charge in [0, 0.05) is 11.6 Å². The Labute approximate surface area is 68.3 Å². The molecule has 1 aliphatic rings. The molecule has 0 heterocycles. The lowest BCUT2D eigenvalue weighted by molar-refractivity contribution is 0.781. The van der Waals surface area contributed by atoms with Crippen LogP contribution in [0.5, 0.6) is 0 Å². The summed E-state index contributed by atoms with van der Waals surface area (Å²) in [6.07, 6.45) is 6.17. The maximum atomic E-state index is 7.76. The van der Waals surface area contributed by atoms with Crippen molar-refractivity contribution in [2.45, 2.75) is 20.8 Å². The second kappa shape index (κ2) is 3.04.